The van der Waals surface area contributed by atoms with E-state index in [-0.39, 0.29) is 0 Å². The Bertz CT molecular complexity index is 241. The summed E-state index contributed by atoms with van der Waals surface area (Å²) in [5.74, 6) is 0. The molecular weight excluding hydrogens is 215 g/mol. The third-order valence-electron chi connectivity index (χ3n) is 4.42. The zero-order valence-electron chi connectivity index (χ0n) is 11.6. The van der Waals surface area contributed by atoms with E-state index in [4.69, 9.17) is 0 Å². The molecule has 2 aliphatic heterocycles. The highest BCUT2D eigenvalue weighted by Crippen LogP contribution is 2.34. The lowest BCUT2D eigenvalue weighted by atomic mass is 9.87. The summed E-state index contributed by atoms with van der Waals surface area (Å²) in [4.78, 5) is 4.90. The van der Waals surface area contributed by atoms with Crippen LogP contribution in [0.1, 0.15) is 46.5 Å². The normalized spacial score (nSPS) is 27.4. The largest absolute Gasteiger partial charge is 0.301 e. The summed E-state index contributed by atoms with van der Waals surface area (Å²) in [6.45, 7) is 10.3. The van der Waals surface area contributed by atoms with Gasteiger partial charge in [-0.25, -0.2) is 4.39 Å². The maximum atomic E-state index is 14.1. The van der Waals surface area contributed by atoms with E-state index in [0.29, 0.717) is 25.2 Å². The fourth-order valence-electron chi connectivity index (χ4n) is 3.31. The lowest BCUT2D eigenvalue weighted by molar-refractivity contribution is -0.0754. The highest BCUT2D eigenvalue weighted by molar-refractivity contribution is 4.99. The van der Waals surface area contributed by atoms with E-state index in [2.05, 4.69) is 30.6 Å². The van der Waals surface area contributed by atoms with Gasteiger partial charge in [0.2, 0.25) is 0 Å². The summed E-state index contributed by atoms with van der Waals surface area (Å²) < 4.78 is 14.1. The minimum Gasteiger partial charge on any atom is -0.301 e. The van der Waals surface area contributed by atoms with Crippen molar-refractivity contribution in [3.63, 3.8) is 0 Å². The molecule has 0 spiro atoms. The standard InChI is InChI=1S/C14H27FN2/c1-4-7-14(15)10-17(11-14)13-5-8-16(9-6-13)12(2)3/h12-13H,4-11H2,1-3H3. The highest BCUT2D eigenvalue weighted by atomic mass is 19.1. The first-order valence-electron chi connectivity index (χ1n) is 7.21. The number of halogens is 1. The van der Waals surface area contributed by atoms with Crippen molar-refractivity contribution in [1.82, 2.24) is 9.80 Å². The zero-order valence-corrected chi connectivity index (χ0v) is 11.6. The number of piperidine rings is 1. The molecule has 0 amide bonds. The number of alkyl halides is 1. The number of likely N-dealkylation sites (tertiary alicyclic amines) is 2. The zero-order chi connectivity index (χ0) is 12.5. The van der Waals surface area contributed by atoms with E-state index in [9.17, 15) is 4.39 Å². The molecule has 0 atom stereocenters. The fraction of sp³-hybridized carbons (Fsp3) is 1.00. The van der Waals surface area contributed by atoms with E-state index < -0.39 is 5.67 Å². The predicted molar refractivity (Wildman–Crippen MR) is 70.1 cm³/mol. The van der Waals surface area contributed by atoms with Gasteiger partial charge >= 0.3 is 0 Å². The second-order valence-corrected chi connectivity index (χ2v) is 6.17. The Morgan fingerprint density at radius 2 is 1.82 bits per heavy atom. The van der Waals surface area contributed by atoms with E-state index in [1.165, 1.54) is 25.9 Å². The molecule has 2 aliphatic rings. The van der Waals surface area contributed by atoms with E-state index in [1.807, 2.05) is 0 Å². The van der Waals surface area contributed by atoms with Crippen LogP contribution in [0.2, 0.25) is 0 Å². The van der Waals surface area contributed by atoms with Gasteiger partial charge in [0.15, 0.2) is 0 Å². The topological polar surface area (TPSA) is 6.48 Å². The first kappa shape index (κ1) is 13.3. The van der Waals surface area contributed by atoms with E-state index in [1.54, 1.807) is 0 Å². The van der Waals surface area contributed by atoms with Gasteiger partial charge in [-0.1, -0.05) is 13.3 Å². The quantitative estimate of drug-likeness (QED) is 0.748. The summed E-state index contributed by atoms with van der Waals surface area (Å²) >= 11 is 0. The van der Waals surface area contributed by atoms with Crippen molar-refractivity contribution in [1.29, 1.82) is 0 Å². The third kappa shape index (κ3) is 3.00. The lowest BCUT2D eigenvalue weighted by Crippen LogP contribution is -2.63. The average molecular weight is 242 g/mol. The number of rotatable bonds is 4. The van der Waals surface area contributed by atoms with Crippen molar-refractivity contribution < 1.29 is 4.39 Å². The van der Waals surface area contributed by atoms with Gasteiger partial charge in [0.25, 0.3) is 0 Å². The van der Waals surface area contributed by atoms with Crippen molar-refractivity contribution in [2.45, 2.75) is 64.2 Å². The van der Waals surface area contributed by atoms with Gasteiger partial charge in [-0.3, -0.25) is 4.90 Å². The molecular formula is C14H27FN2. The van der Waals surface area contributed by atoms with Crippen molar-refractivity contribution >= 4 is 0 Å². The first-order valence-corrected chi connectivity index (χ1v) is 7.21. The van der Waals surface area contributed by atoms with Crippen molar-refractivity contribution in [2.24, 2.45) is 0 Å². The molecule has 2 fully saturated rings. The fourth-order valence-corrected chi connectivity index (χ4v) is 3.31. The van der Waals surface area contributed by atoms with Crippen LogP contribution >= 0.6 is 0 Å². The third-order valence-corrected chi connectivity index (χ3v) is 4.42. The number of nitrogens with zero attached hydrogens (tertiary/aromatic N) is 2. The van der Waals surface area contributed by atoms with Crippen LogP contribution in [0, 0.1) is 0 Å². The van der Waals surface area contributed by atoms with Crippen LogP contribution in [0.25, 0.3) is 0 Å². The van der Waals surface area contributed by atoms with Crippen molar-refractivity contribution in [2.75, 3.05) is 26.2 Å². The van der Waals surface area contributed by atoms with Crippen molar-refractivity contribution in [3.8, 4) is 0 Å². The average Bonchev–Trinajstić information content (AvgIpc) is 2.26. The molecule has 2 saturated heterocycles. The Balaban J connectivity index is 1.73. The van der Waals surface area contributed by atoms with Crippen LogP contribution in [0.4, 0.5) is 4.39 Å². The Hall–Kier alpha value is -0.150. The minimum absolute atomic E-state index is 0.644. The Labute approximate surface area is 105 Å². The molecule has 0 saturated carbocycles. The van der Waals surface area contributed by atoms with Crippen LogP contribution in [0.3, 0.4) is 0 Å². The molecule has 0 aromatic carbocycles. The lowest BCUT2D eigenvalue weighted by Gasteiger charge is -2.51. The SMILES string of the molecule is CCCC1(F)CN(C2CCN(C(C)C)CC2)C1. The molecule has 2 heterocycles. The molecule has 0 N–H and O–H groups in total. The van der Waals surface area contributed by atoms with Crippen LogP contribution < -0.4 is 0 Å². The molecule has 17 heavy (non-hydrogen) atoms. The molecule has 100 valence electrons. The molecule has 2 nitrogen and oxygen atoms in total. The summed E-state index contributed by atoms with van der Waals surface area (Å²) in [5.41, 5.74) is -0.857. The first-order chi connectivity index (χ1) is 8.04. The molecule has 0 aliphatic carbocycles. The Morgan fingerprint density at radius 3 is 2.29 bits per heavy atom. The Kier molecular flexibility index (Phi) is 4.09. The number of hydrogen-bond acceptors (Lipinski definition) is 2. The monoisotopic (exact) mass is 242 g/mol. The maximum Gasteiger partial charge on any atom is 0.136 e. The van der Waals surface area contributed by atoms with E-state index >= 15 is 0 Å². The molecule has 0 aromatic rings. The van der Waals surface area contributed by atoms with Crippen molar-refractivity contribution in [3.05, 3.63) is 0 Å². The molecule has 0 aromatic heterocycles. The molecule has 3 heteroatoms. The summed E-state index contributed by atoms with van der Waals surface area (Å²) in [6.07, 6.45) is 4.16. The van der Waals surface area contributed by atoms with Crippen LogP contribution in [-0.4, -0.2) is 53.7 Å². The molecule has 0 bridgehead atoms. The summed E-state index contributed by atoms with van der Waals surface area (Å²) in [7, 11) is 0. The van der Waals surface area contributed by atoms with Gasteiger partial charge < -0.3 is 4.90 Å². The van der Waals surface area contributed by atoms with Gasteiger partial charge in [0, 0.05) is 25.2 Å². The predicted octanol–water partition coefficient (Wildman–Crippen LogP) is 2.68. The second-order valence-electron chi connectivity index (χ2n) is 6.17. The smallest absolute Gasteiger partial charge is 0.136 e. The minimum atomic E-state index is -0.857. The van der Waals surface area contributed by atoms with Gasteiger partial charge in [-0.15, -0.1) is 0 Å². The Morgan fingerprint density at radius 1 is 1.24 bits per heavy atom. The number of hydrogen-bond donors (Lipinski definition) is 0. The van der Waals surface area contributed by atoms with Crippen LogP contribution in [0.5, 0.6) is 0 Å². The van der Waals surface area contributed by atoms with Gasteiger partial charge in [-0.05, 0) is 46.2 Å². The van der Waals surface area contributed by atoms with Crippen LogP contribution in [-0.2, 0) is 0 Å². The maximum absolute atomic E-state index is 14.1. The molecule has 2 rings (SSSR count). The summed E-state index contributed by atoms with van der Waals surface area (Å²) in [5, 5.41) is 0. The van der Waals surface area contributed by atoms with Gasteiger partial charge in [0.1, 0.15) is 5.67 Å². The second kappa shape index (κ2) is 5.23. The summed E-state index contributed by atoms with van der Waals surface area (Å²) in [6, 6.07) is 1.30. The van der Waals surface area contributed by atoms with E-state index in [0.717, 1.165) is 12.8 Å². The van der Waals surface area contributed by atoms with Gasteiger partial charge in [0.05, 0.1) is 0 Å². The molecule has 0 unspecified atom stereocenters. The molecule has 0 radical (unpaired) electrons. The van der Waals surface area contributed by atoms with Crippen LogP contribution in [0.15, 0.2) is 0 Å². The van der Waals surface area contributed by atoms with Gasteiger partial charge in [-0.2, -0.15) is 0 Å². The highest BCUT2D eigenvalue weighted by Gasteiger charge is 2.45.